The predicted molar refractivity (Wildman–Crippen MR) is 108 cm³/mol. The molecule has 1 aliphatic heterocycles. The molecule has 5 nitrogen and oxygen atoms in total. The molecule has 1 aliphatic rings. The number of methoxy groups -OCH3 is 1. The second-order valence-electron chi connectivity index (χ2n) is 6.97. The van der Waals surface area contributed by atoms with Crippen molar-refractivity contribution in [3.63, 3.8) is 0 Å². The SMILES string of the molecule is COc1ccc(N2CCN(C(=O)[C@@H](C)Oc3cccc(C)c3C)CC2)cc1. The van der Waals surface area contributed by atoms with Gasteiger partial charge >= 0.3 is 0 Å². The van der Waals surface area contributed by atoms with E-state index < -0.39 is 6.10 Å². The van der Waals surface area contributed by atoms with Crippen LogP contribution in [0, 0.1) is 13.8 Å². The molecular formula is C22H28N2O3. The maximum Gasteiger partial charge on any atom is 0.263 e. The van der Waals surface area contributed by atoms with E-state index in [1.54, 1.807) is 7.11 Å². The Morgan fingerprint density at radius 1 is 1.00 bits per heavy atom. The van der Waals surface area contributed by atoms with Gasteiger partial charge in [-0.1, -0.05) is 12.1 Å². The number of nitrogens with zero attached hydrogens (tertiary/aromatic N) is 2. The molecule has 144 valence electrons. The molecule has 0 spiro atoms. The summed E-state index contributed by atoms with van der Waals surface area (Å²) in [6.45, 7) is 8.93. The fourth-order valence-corrected chi connectivity index (χ4v) is 3.33. The van der Waals surface area contributed by atoms with Crippen LogP contribution in [0.5, 0.6) is 11.5 Å². The molecule has 1 amide bonds. The molecule has 1 atom stereocenters. The third-order valence-electron chi connectivity index (χ3n) is 5.24. The van der Waals surface area contributed by atoms with Crippen LogP contribution in [0.4, 0.5) is 5.69 Å². The smallest absolute Gasteiger partial charge is 0.263 e. The quantitative estimate of drug-likeness (QED) is 0.811. The van der Waals surface area contributed by atoms with Gasteiger partial charge in [0, 0.05) is 31.9 Å². The first-order chi connectivity index (χ1) is 13.0. The van der Waals surface area contributed by atoms with Crippen LogP contribution >= 0.6 is 0 Å². The largest absolute Gasteiger partial charge is 0.497 e. The van der Waals surface area contributed by atoms with Crippen LogP contribution in [0.25, 0.3) is 0 Å². The van der Waals surface area contributed by atoms with Crippen LogP contribution in [-0.2, 0) is 4.79 Å². The predicted octanol–water partition coefficient (Wildman–Crippen LogP) is 3.43. The van der Waals surface area contributed by atoms with Gasteiger partial charge in [0.1, 0.15) is 11.5 Å². The molecule has 27 heavy (non-hydrogen) atoms. The van der Waals surface area contributed by atoms with Gasteiger partial charge in [-0.15, -0.1) is 0 Å². The first-order valence-corrected chi connectivity index (χ1v) is 9.40. The normalized spacial score (nSPS) is 15.4. The average molecular weight is 368 g/mol. The maximum absolute atomic E-state index is 12.8. The monoisotopic (exact) mass is 368 g/mol. The topological polar surface area (TPSA) is 42.0 Å². The number of rotatable bonds is 5. The van der Waals surface area contributed by atoms with Crippen molar-refractivity contribution in [1.82, 2.24) is 4.90 Å². The molecule has 0 saturated carbocycles. The molecule has 0 N–H and O–H groups in total. The molecule has 0 bridgehead atoms. The summed E-state index contributed by atoms with van der Waals surface area (Å²) in [5.41, 5.74) is 3.41. The highest BCUT2D eigenvalue weighted by Crippen LogP contribution is 2.23. The van der Waals surface area contributed by atoms with E-state index in [1.165, 1.54) is 5.56 Å². The van der Waals surface area contributed by atoms with Crippen LogP contribution < -0.4 is 14.4 Å². The molecule has 0 aromatic heterocycles. The Bertz CT molecular complexity index is 781. The first kappa shape index (κ1) is 19.1. The number of benzene rings is 2. The van der Waals surface area contributed by atoms with E-state index in [4.69, 9.17) is 9.47 Å². The number of carbonyl (C=O) groups is 1. The van der Waals surface area contributed by atoms with Gasteiger partial charge in [0.05, 0.1) is 7.11 Å². The number of anilines is 1. The number of ether oxygens (including phenoxy) is 2. The van der Waals surface area contributed by atoms with E-state index in [1.807, 2.05) is 56.0 Å². The van der Waals surface area contributed by atoms with Gasteiger partial charge in [-0.2, -0.15) is 0 Å². The van der Waals surface area contributed by atoms with Gasteiger partial charge < -0.3 is 19.3 Å². The maximum atomic E-state index is 12.8. The molecule has 2 aromatic carbocycles. The number of carbonyl (C=O) groups excluding carboxylic acids is 1. The second kappa shape index (κ2) is 8.33. The van der Waals surface area contributed by atoms with Crippen molar-refractivity contribution in [3.8, 4) is 11.5 Å². The molecule has 0 radical (unpaired) electrons. The number of hydrogen-bond donors (Lipinski definition) is 0. The first-order valence-electron chi connectivity index (χ1n) is 9.40. The number of aryl methyl sites for hydroxylation is 1. The van der Waals surface area contributed by atoms with Crippen LogP contribution in [0.2, 0.25) is 0 Å². The minimum Gasteiger partial charge on any atom is -0.497 e. The summed E-state index contributed by atoms with van der Waals surface area (Å²) in [5.74, 6) is 1.68. The summed E-state index contributed by atoms with van der Waals surface area (Å²) in [5, 5.41) is 0. The molecule has 1 saturated heterocycles. The van der Waals surface area contributed by atoms with Crippen molar-refractivity contribution in [3.05, 3.63) is 53.6 Å². The third-order valence-corrected chi connectivity index (χ3v) is 5.24. The van der Waals surface area contributed by atoms with Gasteiger partial charge in [-0.25, -0.2) is 0 Å². The fourth-order valence-electron chi connectivity index (χ4n) is 3.33. The lowest BCUT2D eigenvalue weighted by molar-refractivity contribution is -0.138. The molecular weight excluding hydrogens is 340 g/mol. The summed E-state index contributed by atoms with van der Waals surface area (Å²) in [6.07, 6.45) is -0.488. The zero-order valence-corrected chi connectivity index (χ0v) is 16.6. The number of piperazine rings is 1. The lowest BCUT2D eigenvalue weighted by Crippen LogP contribution is -2.52. The Morgan fingerprint density at radius 2 is 1.67 bits per heavy atom. The van der Waals surface area contributed by atoms with E-state index >= 15 is 0 Å². The zero-order valence-electron chi connectivity index (χ0n) is 16.6. The van der Waals surface area contributed by atoms with Gasteiger partial charge in [0.2, 0.25) is 0 Å². The lowest BCUT2D eigenvalue weighted by atomic mass is 10.1. The van der Waals surface area contributed by atoms with E-state index in [0.717, 1.165) is 35.8 Å². The Balaban J connectivity index is 1.56. The van der Waals surface area contributed by atoms with Crippen LogP contribution in [-0.4, -0.2) is 50.2 Å². The van der Waals surface area contributed by atoms with Crippen molar-refractivity contribution < 1.29 is 14.3 Å². The Morgan fingerprint density at radius 3 is 2.30 bits per heavy atom. The van der Waals surface area contributed by atoms with Gasteiger partial charge in [0.25, 0.3) is 5.91 Å². The average Bonchev–Trinajstić information content (AvgIpc) is 2.71. The zero-order chi connectivity index (χ0) is 19.4. The van der Waals surface area contributed by atoms with E-state index in [-0.39, 0.29) is 5.91 Å². The standard InChI is InChI=1S/C22H28N2O3/c1-16-6-5-7-21(17(16)2)27-18(3)22(25)24-14-12-23(13-15-24)19-8-10-20(26-4)11-9-19/h5-11,18H,12-15H2,1-4H3/t18-/m1/s1. The van der Waals surface area contributed by atoms with Crippen molar-refractivity contribution in [1.29, 1.82) is 0 Å². The Labute approximate surface area is 161 Å². The highest BCUT2D eigenvalue weighted by Gasteiger charge is 2.26. The summed E-state index contributed by atoms with van der Waals surface area (Å²) in [7, 11) is 1.67. The fraction of sp³-hybridized carbons (Fsp3) is 0.409. The molecule has 2 aromatic rings. The minimum atomic E-state index is -0.488. The van der Waals surface area contributed by atoms with Crippen LogP contribution in [0.1, 0.15) is 18.1 Å². The Kier molecular flexibility index (Phi) is 5.89. The summed E-state index contributed by atoms with van der Waals surface area (Å²) < 4.78 is 11.2. The Hall–Kier alpha value is -2.69. The molecule has 1 heterocycles. The second-order valence-corrected chi connectivity index (χ2v) is 6.97. The number of amides is 1. The van der Waals surface area contributed by atoms with Crippen molar-refractivity contribution in [2.45, 2.75) is 26.9 Å². The van der Waals surface area contributed by atoms with Crippen LogP contribution in [0.15, 0.2) is 42.5 Å². The molecule has 0 unspecified atom stereocenters. The van der Waals surface area contributed by atoms with E-state index in [9.17, 15) is 4.79 Å². The van der Waals surface area contributed by atoms with Crippen molar-refractivity contribution in [2.75, 3.05) is 38.2 Å². The number of hydrogen-bond acceptors (Lipinski definition) is 4. The minimum absolute atomic E-state index is 0.0466. The highest BCUT2D eigenvalue weighted by atomic mass is 16.5. The molecule has 1 fully saturated rings. The van der Waals surface area contributed by atoms with Crippen LogP contribution in [0.3, 0.4) is 0 Å². The highest BCUT2D eigenvalue weighted by molar-refractivity contribution is 5.81. The summed E-state index contributed by atoms with van der Waals surface area (Å²) in [4.78, 5) is 17.0. The van der Waals surface area contributed by atoms with Crippen molar-refractivity contribution >= 4 is 11.6 Å². The van der Waals surface area contributed by atoms with Gasteiger partial charge in [-0.3, -0.25) is 4.79 Å². The lowest BCUT2D eigenvalue weighted by Gasteiger charge is -2.37. The van der Waals surface area contributed by atoms with Crippen molar-refractivity contribution in [2.24, 2.45) is 0 Å². The van der Waals surface area contributed by atoms with E-state index in [2.05, 4.69) is 17.0 Å². The molecule has 5 heteroatoms. The summed E-state index contributed by atoms with van der Waals surface area (Å²) in [6, 6.07) is 14.0. The summed E-state index contributed by atoms with van der Waals surface area (Å²) >= 11 is 0. The third kappa shape index (κ3) is 4.35. The van der Waals surface area contributed by atoms with Gasteiger partial charge in [-0.05, 0) is 62.2 Å². The van der Waals surface area contributed by atoms with Gasteiger partial charge in [0.15, 0.2) is 6.10 Å². The molecule has 0 aliphatic carbocycles. The molecule has 3 rings (SSSR count). The van der Waals surface area contributed by atoms with E-state index in [0.29, 0.717) is 13.1 Å².